The Labute approximate surface area is 97.8 Å². The maximum absolute atomic E-state index is 12.7. The molecule has 0 spiro atoms. The second-order valence-electron chi connectivity index (χ2n) is 3.54. The van der Waals surface area contributed by atoms with Crippen LogP contribution in [0.1, 0.15) is 17.0 Å². The van der Waals surface area contributed by atoms with Crippen molar-refractivity contribution >= 4 is 11.6 Å². The zero-order valence-electron chi connectivity index (χ0n) is 8.82. The molecule has 2 aromatic rings. The van der Waals surface area contributed by atoms with Gasteiger partial charge in [0.15, 0.2) is 0 Å². The van der Waals surface area contributed by atoms with E-state index >= 15 is 0 Å². The molecule has 1 aromatic heterocycles. The van der Waals surface area contributed by atoms with E-state index in [4.69, 9.17) is 11.6 Å². The van der Waals surface area contributed by atoms with Crippen LogP contribution in [-0.2, 0) is 12.4 Å². The molecule has 0 bridgehead atoms. The lowest BCUT2D eigenvalue weighted by Gasteiger charge is -2.03. The first-order valence-corrected chi connectivity index (χ1v) is 5.43. The van der Waals surface area contributed by atoms with Crippen LogP contribution in [-0.4, -0.2) is 15.0 Å². The van der Waals surface area contributed by atoms with E-state index < -0.39 is 0 Å². The van der Waals surface area contributed by atoms with Crippen LogP contribution in [0.25, 0.3) is 0 Å². The van der Waals surface area contributed by atoms with Crippen molar-refractivity contribution in [1.29, 1.82) is 0 Å². The van der Waals surface area contributed by atoms with Crippen LogP contribution in [0, 0.1) is 12.7 Å². The number of alkyl halides is 1. The molecule has 0 atom stereocenters. The van der Waals surface area contributed by atoms with Crippen molar-refractivity contribution in [2.24, 2.45) is 0 Å². The van der Waals surface area contributed by atoms with Crippen LogP contribution in [0.5, 0.6) is 0 Å². The maximum Gasteiger partial charge on any atom is 0.123 e. The molecule has 0 aliphatic heterocycles. The molecule has 0 N–H and O–H groups in total. The van der Waals surface area contributed by atoms with Gasteiger partial charge in [-0.3, -0.25) is 0 Å². The van der Waals surface area contributed by atoms with Gasteiger partial charge in [-0.05, 0) is 24.6 Å². The van der Waals surface area contributed by atoms with Gasteiger partial charge < -0.3 is 0 Å². The van der Waals surface area contributed by atoms with Gasteiger partial charge in [-0.2, -0.15) is 0 Å². The normalized spacial score (nSPS) is 10.7. The zero-order chi connectivity index (χ0) is 11.5. The first-order chi connectivity index (χ1) is 7.70. The average molecular weight is 240 g/mol. The molecule has 5 heteroatoms. The zero-order valence-corrected chi connectivity index (χ0v) is 9.58. The molecule has 0 aliphatic rings. The SMILES string of the molecule is Cc1c(CCl)nnn1Cc1ccc(F)cc1. The molecule has 84 valence electrons. The van der Waals surface area contributed by atoms with Crippen LogP contribution in [0.2, 0.25) is 0 Å². The number of halogens is 2. The monoisotopic (exact) mass is 239 g/mol. The van der Waals surface area contributed by atoms with E-state index in [0.29, 0.717) is 12.4 Å². The van der Waals surface area contributed by atoms with Gasteiger partial charge in [-0.25, -0.2) is 9.07 Å². The summed E-state index contributed by atoms with van der Waals surface area (Å²) < 4.78 is 14.5. The van der Waals surface area contributed by atoms with Gasteiger partial charge in [0.1, 0.15) is 11.5 Å². The highest BCUT2D eigenvalue weighted by Gasteiger charge is 2.07. The molecule has 1 heterocycles. The van der Waals surface area contributed by atoms with E-state index in [2.05, 4.69) is 10.3 Å². The van der Waals surface area contributed by atoms with Crippen molar-refractivity contribution in [3.8, 4) is 0 Å². The Morgan fingerprint density at radius 2 is 2.00 bits per heavy atom. The number of hydrogen-bond acceptors (Lipinski definition) is 2. The minimum atomic E-state index is -0.236. The second kappa shape index (κ2) is 4.61. The predicted molar refractivity (Wildman–Crippen MR) is 59.8 cm³/mol. The Bertz CT molecular complexity index is 478. The number of nitrogens with zero attached hydrogens (tertiary/aromatic N) is 3. The first-order valence-electron chi connectivity index (χ1n) is 4.90. The molecule has 0 saturated carbocycles. The Kier molecular flexibility index (Phi) is 3.19. The highest BCUT2D eigenvalue weighted by molar-refractivity contribution is 6.16. The summed E-state index contributed by atoms with van der Waals surface area (Å²) in [6, 6.07) is 6.34. The molecule has 2 rings (SSSR count). The lowest BCUT2D eigenvalue weighted by atomic mass is 10.2. The van der Waals surface area contributed by atoms with Crippen molar-refractivity contribution in [2.75, 3.05) is 0 Å². The van der Waals surface area contributed by atoms with Crippen molar-refractivity contribution in [1.82, 2.24) is 15.0 Å². The summed E-state index contributed by atoms with van der Waals surface area (Å²) >= 11 is 5.70. The smallest absolute Gasteiger partial charge is 0.123 e. The predicted octanol–water partition coefficient (Wildman–Crippen LogP) is 2.51. The second-order valence-corrected chi connectivity index (χ2v) is 3.81. The quantitative estimate of drug-likeness (QED) is 0.771. The lowest BCUT2D eigenvalue weighted by Crippen LogP contribution is -2.04. The molecule has 0 amide bonds. The fourth-order valence-corrected chi connectivity index (χ4v) is 1.68. The largest absolute Gasteiger partial charge is 0.245 e. The lowest BCUT2D eigenvalue weighted by molar-refractivity contribution is 0.617. The molecule has 0 unspecified atom stereocenters. The van der Waals surface area contributed by atoms with Crippen LogP contribution in [0.4, 0.5) is 4.39 Å². The fraction of sp³-hybridized carbons (Fsp3) is 0.273. The molecule has 0 radical (unpaired) electrons. The molecule has 0 fully saturated rings. The summed E-state index contributed by atoms with van der Waals surface area (Å²) in [5.41, 5.74) is 2.71. The molecule has 16 heavy (non-hydrogen) atoms. The molecule has 3 nitrogen and oxygen atoms in total. The van der Waals surface area contributed by atoms with Gasteiger partial charge in [0.05, 0.1) is 18.1 Å². The maximum atomic E-state index is 12.7. The Balaban J connectivity index is 2.20. The molecule has 1 aromatic carbocycles. The number of hydrogen-bond donors (Lipinski definition) is 0. The Morgan fingerprint density at radius 1 is 1.31 bits per heavy atom. The van der Waals surface area contributed by atoms with E-state index in [1.54, 1.807) is 16.8 Å². The fourth-order valence-electron chi connectivity index (χ4n) is 1.43. The number of rotatable bonds is 3. The van der Waals surface area contributed by atoms with E-state index in [-0.39, 0.29) is 5.82 Å². The van der Waals surface area contributed by atoms with Crippen LogP contribution in [0.15, 0.2) is 24.3 Å². The highest BCUT2D eigenvalue weighted by atomic mass is 35.5. The summed E-state index contributed by atoms with van der Waals surface area (Å²) in [6.07, 6.45) is 0. The Morgan fingerprint density at radius 3 is 2.56 bits per heavy atom. The molecule has 0 aliphatic carbocycles. The van der Waals surface area contributed by atoms with Crippen molar-refractivity contribution in [3.05, 3.63) is 47.0 Å². The first kappa shape index (κ1) is 11.1. The van der Waals surface area contributed by atoms with Gasteiger partial charge in [-0.1, -0.05) is 17.3 Å². The third-order valence-corrected chi connectivity index (χ3v) is 2.70. The summed E-state index contributed by atoms with van der Waals surface area (Å²) in [5, 5.41) is 7.95. The van der Waals surface area contributed by atoms with Crippen LogP contribution < -0.4 is 0 Å². The standard InChI is InChI=1S/C11H11ClFN3/c1-8-11(6-12)14-15-16(8)7-9-2-4-10(13)5-3-9/h2-5H,6-7H2,1H3. The van der Waals surface area contributed by atoms with E-state index in [0.717, 1.165) is 17.0 Å². The third-order valence-electron chi connectivity index (χ3n) is 2.45. The van der Waals surface area contributed by atoms with E-state index in [9.17, 15) is 4.39 Å². The van der Waals surface area contributed by atoms with Gasteiger partial charge in [-0.15, -0.1) is 16.7 Å². The van der Waals surface area contributed by atoms with Crippen LogP contribution >= 0.6 is 11.6 Å². The van der Waals surface area contributed by atoms with Crippen LogP contribution in [0.3, 0.4) is 0 Å². The number of benzene rings is 1. The van der Waals surface area contributed by atoms with Gasteiger partial charge in [0.25, 0.3) is 0 Å². The third kappa shape index (κ3) is 2.22. The minimum Gasteiger partial charge on any atom is -0.245 e. The number of aromatic nitrogens is 3. The van der Waals surface area contributed by atoms with Crippen molar-refractivity contribution in [3.63, 3.8) is 0 Å². The minimum absolute atomic E-state index is 0.236. The highest BCUT2D eigenvalue weighted by Crippen LogP contribution is 2.10. The van der Waals surface area contributed by atoms with Gasteiger partial charge in [0, 0.05) is 0 Å². The van der Waals surface area contributed by atoms with E-state index in [1.807, 2.05) is 6.92 Å². The summed E-state index contributed by atoms with van der Waals surface area (Å²) in [6.45, 7) is 2.50. The summed E-state index contributed by atoms with van der Waals surface area (Å²) in [7, 11) is 0. The Hall–Kier alpha value is -1.42. The molecular formula is C11H11ClFN3. The topological polar surface area (TPSA) is 30.7 Å². The molecule has 0 saturated heterocycles. The van der Waals surface area contributed by atoms with Gasteiger partial charge in [0.2, 0.25) is 0 Å². The summed E-state index contributed by atoms with van der Waals surface area (Å²) in [4.78, 5) is 0. The summed E-state index contributed by atoms with van der Waals surface area (Å²) in [5.74, 6) is 0.121. The van der Waals surface area contributed by atoms with Gasteiger partial charge >= 0.3 is 0 Å². The van der Waals surface area contributed by atoms with Crippen molar-refractivity contribution in [2.45, 2.75) is 19.3 Å². The average Bonchev–Trinajstić information content (AvgIpc) is 2.63. The van der Waals surface area contributed by atoms with Crippen molar-refractivity contribution < 1.29 is 4.39 Å². The van der Waals surface area contributed by atoms with E-state index in [1.165, 1.54) is 12.1 Å². The molecular weight excluding hydrogens is 229 g/mol.